The van der Waals surface area contributed by atoms with Gasteiger partial charge in [-0.25, -0.2) is 0 Å². The largest absolute Gasteiger partial charge is 0.439 e. The van der Waals surface area contributed by atoms with E-state index in [2.05, 4.69) is 127 Å². The standard InChI is InChI=1S/C35H33N2O2.C30H30N2O7S3/c1-4-25(21-34-36(5-2)30-23-28(17-19-32(30)38-34)26-13-9-7-10-14-26)22-35-37(6-3)31-24-29(18-20-33(31)39-35)27-15-11-8-12-16-27;1-22(20-30-32(16-8-18-42(36,37)38)25-11-5-6-12-28(25)40-30)19-29-31(15-7-17-41(33,34)35)26-21-24(13-14-27(26)39-29)23-9-3-2-4-10-23/h7-24H,4-6H2,1-3H3;2-6,9-14,19-21H,7-8,15-18H2,1H3,(H-,33,34,35,36,37,38)/q+1;/p+1. The molecule has 0 saturated carbocycles. The van der Waals surface area contributed by atoms with Crippen molar-refractivity contribution in [1.29, 1.82) is 0 Å². The highest BCUT2D eigenvalue weighted by Crippen LogP contribution is 2.44. The molecule has 2 aliphatic rings. The fourth-order valence-corrected chi connectivity index (χ4v) is 12.3. The lowest BCUT2D eigenvalue weighted by atomic mass is 10.0. The van der Waals surface area contributed by atoms with E-state index in [-0.39, 0.29) is 24.3 Å². The van der Waals surface area contributed by atoms with E-state index in [1.54, 1.807) is 11.3 Å². The fraction of sp³-hybridized carbons (Fsp3) is 0.200. The molecule has 0 unspecified atom stereocenters. The first-order valence-electron chi connectivity index (χ1n) is 27.1. The molecule has 0 amide bonds. The quantitative estimate of drug-likeness (QED) is 0.0623. The van der Waals surface area contributed by atoms with Crippen LogP contribution >= 0.6 is 11.3 Å². The van der Waals surface area contributed by atoms with Crippen molar-refractivity contribution in [3.05, 3.63) is 216 Å². The van der Waals surface area contributed by atoms with E-state index in [0.717, 1.165) is 97.0 Å². The number of ether oxygens (including phenoxy) is 2. The molecule has 2 aliphatic heterocycles. The van der Waals surface area contributed by atoms with Gasteiger partial charge in [0.25, 0.3) is 30.8 Å². The molecule has 0 atom stereocenters. The van der Waals surface area contributed by atoms with Crippen molar-refractivity contribution in [2.24, 2.45) is 0 Å². The van der Waals surface area contributed by atoms with Crippen molar-refractivity contribution < 1.29 is 49.0 Å². The van der Waals surface area contributed by atoms with Crippen LogP contribution in [0.4, 0.5) is 11.4 Å². The summed E-state index contributed by atoms with van der Waals surface area (Å²) in [7, 11) is -8.18. The summed E-state index contributed by atoms with van der Waals surface area (Å²) in [5.41, 5.74) is 13.6. The van der Waals surface area contributed by atoms with Gasteiger partial charge in [0.15, 0.2) is 18.0 Å². The Morgan fingerprint density at radius 2 is 1.10 bits per heavy atom. The molecule has 2 N–H and O–H groups in total. The van der Waals surface area contributed by atoms with Crippen LogP contribution in [0.15, 0.2) is 209 Å². The highest BCUT2D eigenvalue weighted by molar-refractivity contribution is 7.86. The van der Waals surface area contributed by atoms with Crippen LogP contribution in [-0.4, -0.2) is 50.5 Å². The third-order valence-electron chi connectivity index (χ3n) is 14.1. The lowest BCUT2D eigenvalue weighted by molar-refractivity contribution is -0.674. The van der Waals surface area contributed by atoms with Crippen LogP contribution in [0.2, 0.25) is 0 Å². The van der Waals surface area contributed by atoms with Gasteiger partial charge in [-0.3, -0.25) is 9.11 Å². The zero-order valence-corrected chi connectivity index (χ0v) is 48.1. The van der Waals surface area contributed by atoms with Gasteiger partial charge >= 0.3 is 5.89 Å². The van der Waals surface area contributed by atoms with Gasteiger partial charge in [0, 0.05) is 49.9 Å². The second-order valence-electron chi connectivity index (χ2n) is 19.7. The number of fused-ring (bicyclic) bond motifs is 4. The van der Waals surface area contributed by atoms with Crippen LogP contribution in [-0.2, 0) is 33.3 Å². The van der Waals surface area contributed by atoms with Gasteiger partial charge in [-0.2, -0.15) is 26.0 Å². The highest BCUT2D eigenvalue weighted by Gasteiger charge is 2.29. The molecule has 16 heteroatoms. The summed E-state index contributed by atoms with van der Waals surface area (Å²) < 4.78 is 88.2. The number of para-hydroxylation sites is 1. The predicted molar refractivity (Wildman–Crippen MR) is 325 cm³/mol. The maximum atomic E-state index is 11.4. The molecule has 81 heavy (non-hydrogen) atoms. The van der Waals surface area contributed by atoms with E-state index in [1.807, 2.05) is 113 Å². The van der Waals surface area contributed by atoms with Crippen molar-refractivity contribution in [2.45, 2.75) is 60.0 Å². The number of anilines is 2. The van der Waals surface area contributed by atoms with Gasteiger partial charge in [0.05, 0.1) is 29.0 Å². The number of nitrogens with zero attached hydrogens (tertiary/aromatic N) is 4. The number of aryl methyl sites for hydroxylation is 2. The number of rotatable bonds is 18. The average Bonchev–Trinajstić information content (AvgIpc) is 4.37. The molecule has 4 heterocycles. The first-order valence-corrected chi connectivity index (χ1v) is 31.1. The Morgan fingerprint density at radius 3 is 1.67 bits per heavy atom. The van der Waals surface area contributed by atoms with E-state index in [9.17, 15) is 25.9 Å². The Labute approximate surface area is 477 Å². The van der Waals surface area contributed by atoms with Gasteiger partial charge in [0.2, 0.25) is 22.9 Å². The molecule has 9 aromatic rings. The Kier molecular flexibility index (Phi) is 17.1. The second-order valence-corrected chi connectivity index (χ2v) is 23.9. The van der Waals surface area contributed by atoms with Crippen LogP contribution in [0.5, 0.6) is 11.5 Å². The molecular weight excluding hydrogens is 1080 g/mol. The molecule has 7 aromatic carbocycles. The summed E-state index contributed by atoms with van der Waals surface area (Å²) in [5, 5.41) is 0.903. The van der Waals surface area contributed by atoms with E-state index < -0.39 is 20.2 Å². The molecule has 0 spiro atoms. The van der Waals surface area contributed by atoms with Crippen molar-refractivity contribution >= 4 is 76.4 Å². The SMILES string of the molecule is CC(/C=C1\Oc2ccc(-c3ccccc3)cc2N1CCCS(=O)(=O)O)=C\c1sc2ccccc2[n+]1CCCS(=O)(=O)O.CCC(=C/c1oc2ccc(-c3ccccc3)cc2[n+]1CC)/C=C1/Oc2ccc(-c3ccccc3)cc2N1CC. The molecule has 0 fully saturated rings. The van der Waals surface area contributed by atoms with Gasteiger partial charge in [0.1, 0.15) is 11.2 Å². The van der Waals surface area contributed by atoms with Crippen LogP contribution < -0.4 is 28.4 Å². The highest BCUT2D eigenvalue weighted by atomic mass is 32.2. The molecule has 414 valence electrons. The van der Waals surface area contributed by atoms with E-state index in [4.69, 9.17) is 13.9 Å². The minimum atomic E-state index is -4.11. The van der Waals surface area contributed by atoms with Crippen LogP contribution in [0.3, 0.4) is 0 Å². The summed E-state index contributed by atoms with van der Waals surface area (Å²) >= 11 is 1.57. The zero-order chi connectivity index (χ0) is 56.7. The molecule has 11 rings (SSSR count). The summed E-state index contributed by atoms with van der Waals surface area (Å²) in [6.07, 6.45) is 9.47. The minimum Gasteiger partial charge on any atom is -0.439 e. The maximum absolute atomic E-state index is 11.4. The summed E-state index contributed by atoms with van der Waals surface area (Å²) in [6, 6.07) is 57.4. The van der Waals surface area contributed by atoms with E-state index in [0.29, 0.717) is 24.7 Å². The number of thiazole rings is 1. The predicted octanol–water partition coefficient (Wildman–Crippen LogP) is 14.2. The number of aromatic nitrogens is 2. The summed E-state index contributed by atoms with van der Waals surface area (Å²) in [6.45, 7) is 10.8. The summed E-state index contributed by atoms with van der Waals surface area (Å²) in [4.78, 5) is 4.15. The van der Waals surface area contributed by atoms with Gasteiger partial charge < -0.3 is 23.7 Å². The third kappa shape index (κ3) is 13.4. The lowest BCUT2D eigenvalue weighted by Gasteiger charge is -2.18. The van der Waals surface area contributed by atoms with Crippen LogP contribution in [0.25, 0.3) is 66.8 Å². The van der Waals surface area contributed by atoms with Crippen molar-refractivity contribution in [1.82, 2.24) is 0 Å². The van der Waals surface area contributed by atoms with Gasteiger partial charge in [-0.05, 0) is 115 Å². The average molecular weight is 1140 g/mol. The number of benzene rings is 7. The molecule has 0 saturated heterocycles. The first-order chi connectivity index (χ1) is 39.1. The molecule has 13 nitrogen and oxygen atoms in total. The number of hydrogen-bond acceptors (Lipinski definition) is 10. The number of allylic oxidation sites excluding steroid dienone is 4. The van der Waals surface area contributed by atoms with Crippen molar-refractivity contribution in [3.8, 4) is 44.9 Å². The Morgan fingerprint density at radius 1 is 0.568 bits per heavy atom. The van der Waals surface area contributed by atoms with E-state index >= 15 is 0 Å². The van der Waals surface area contributed by atoms with Crippen LogP contribution in [0.1, 0.15) is 57.9 Å². The monoisotopic (exact) mass is 1140 g/mol. The fourth-order valence-electron chi connectivity index (χ4n) is 10.1. The zero-order valence-electron chi connectivity index (χ0n) is 45.6. The normalized spacial score (nSPS) is 14.5. The van der Waals surface area contributed by atoms with Gasteiger partial charge in [-0.15, -0.1) is 0 Å². The summed E-state index contributed by atoms with van der Waals surface area (Å²) in [5.74, 6) is 3.05. The first kappa shape index (κ1) is 56.2. The Hall–Kier alpha value is -8.12. The second kappa shape index (κ2) is 24.7. The molecule has 2 aromatic heterocycles. The Bertz CT molecular complexity index is 4100. The Balaban J connectivity index is 0.000000182. The van der Waals surface area contributed by atoms with E-state index in [1.165, 1.54) is 22.3 Å². The third-order valence-corrected chi connectivity index (χ3v) is 16.8. The van der Waals surface area contributed by atoms with Crippen LogP contribution in [0, 0.1) is 0 Å². The molecule has 0 aliphatic carbocycles. The van der Waals surface area contributed by atoms with Crippen molar-refractivity contribution in [2.75, 3.05) is 34.4 Å². The van der Waals surface area contributed by atoms with Gasteiger partial charge in [-0.1, -0.05) is 140 Å². The smallest absolute Gasteiger partial charge is 0.374 e. The number of oxazole rings is 1. The minimum absolute atomic E-state index is 0.196. The molecular formula is C65H64N4O9S3+2. The van der Waals surface area contributed by atoms with Crippen molar-refractivity contribution in [3.63, 3.8) is 0 Å². The number of hydrogen-bond donors (Lipinski definition) is 2. The maximum Gasteiger partial charge on any atom is 0.374 e. The lowest BCUT2D eigenvalue weighted by Crippen LogP contribution is -2.36. The topological polar surface area (TPSA) is 155 Å². The molecule has 0 bridgehead atoms. The molecule has 0 radical (unpaired) electrons.